The summed E-state index contributed by atoms with van der Waals surface area (Å²) in [5, 5.41) is 12.6. The molecule has 1 aliphatic heterocycles. The first-order valence-corrected chi connectivity index (χ1v) is 6.87. The molecular weight excluding hydrogens is 268 g/mol. The number of aromatic nitrogens is 2. The van der Waals surface area contributed by atoms with Crippen molar-refractivity contribution in [2.45, 2.75) is 0 Å². The van der Waals surface area contributed by atoms with Gasteiger partial charge in [0.1, 0.15) is 5.56 Å². The first-order chi connectivity index (χ1) is 10.3. The topological polar surface area (TPSA) is 78.3 Å². The summed E-state index contributed by atoms with van der Waals surface area (Å²) in [6, 6.07) is 9.34. The average Bonchev–Trinajstić information content (AvgIpc) is 2.56. The smallest absolute Gasteiger partial charge is 0.339 e. The maximum absolute atomic E-state index is 11.4. The highest BCUT2D eigenvalue weighted by Gasteiger charge is 2.19. The molecule has 0 saturated carbocycles. The highest BCUT2D eigenvalue weighted by Crippen LogP contribution is 2.23. The van der Waals surface area contributed by atoms with E-state index < -0.39 is 5.97 Å². The molecule has 1 fully saturated rings. The van der Waals surface area contributed by atoms with E-state index in [1.165, 1.54) is 6.20 Å². The summed E-state index contributed by atoms with van der Waals surface area (Å²) in [6.07, 6.45) is 1.40. The molecule has 108 valence electrons. The fraction of sp³-hybridized carbons (Fsp3) is 0.267. The van der Waals surface area contributed by atoms with E-state index >= 15 is 0 Å². The van der Waals surface area contributed by atoms with Gasteiger partial charge in [-0.3, -0.25) is 0 Å². The number of piperazine rings is 1. The third-order valence-electron chi connectivity index (χ3n) is 3.45. The molecular formula is C15H16N4O2. The SMILES string of the molecule is O=C(O)c1cnc(N2CCNCC2)nc1-c1ccccc1. The van der Waals surface area contributed by atoms with Crippen LogP contribution in [0, 0.1) is 0 Å². The van der Waals surface area contributed by atoms with Gasteiger partial charge in [0, 0.05) is 37.9 Å². The molecule has 6 nitrogen and oxygen atoms in total. The van der Waals surface area contributed by atoms with Crippen LogP contribution in [0.25, 0.3) is 11.3 Å². The fourth-order valence-corrected chi connectivity index (χ4v) is 2.36. The maximum atomic E-state index is 11.4. The Balaban J connectivity index is 2.04. The zero-order valence-corrected chi connectivity index (χ0v) is 11.5. The summed E-state index contributed by atoms with van der Waals surface area (Å²) in [4.78, 5) is 22.2. The summed E-state index contributed by atoms with van der Waals surface area (Å²) in [5.74, 6) is -0.430. The van der Waals surface area contributed by atoms with Crippen LogP contribution in [-0.2, 0) is 0 Å². The lowest BCUT2D eigenvalue weighted by atomic mass is 10.1. The van der Waals surface area contributed by atoms with Gasteiger partial charge >= 0.3 is 5.97 Å². The Morgan fingerprint density at radius 1 is 1.19 bits per heavy atom. The van der Waals surface area contributed by atoms with Crippen LogP contribution in [-0.4, -0.2) is 47.2 Å². The number of benzene rings is 1. The first-order valence-electron chi connectivity index (χ1n) is 6.87. The normalized spacial score (nSPS) is 15.0. The van der Waals surface area contributed by atoms with Gasteiger partial charge in [0.25, 0.3) is 0 Å². The summed E-state index contributed by atoms with van der Waals surface area (Å²) in [5.41, 5.74) is 1.38. The Labute approximate surface area is 122 Å². The van der Waals surface area contributed by atoms with E-state index in [9.17, 15) is 9.90 Å². The minimum atomic E-state index is -1.01. The van der Waals surface area contributed by atoms with Crippen LogP contribution in [0.2, 0.25) is 0 Å². The van der Waals surface area contributed by atoms with E-state index in [0.717, 1.165) is 31.7 Å². The molecule has 1 aromatic heterocycles. The molecule has 1 aromatic carbocycles. The monoisotopic (exact) mass is 284 g/mol. The second-order valence-corrected chi connectivity index (χ2v) is 4.84. The number of carboxylic acid groups (broad SMARTS) is 1. The van der Waals surface area contributed by atoms with E-state index in [1.54, 1.807) is 0 Å². The third-order valence-corrected chi connectivity index (χ3v) is 3.45. The summed E-state index contributed by atoms with van der Waals surface area (Å²) in [6.45, 7) is 3.40. The Kier molecular flexibility index (Phi) is 3.79. The molecule has 6 heteroatoms. The van der Waals surface area contributed by atoms with Crippen molar-refractivity contribution < 1.29 is 9.90 Å². The maximum Gasteiger partial charge on any atom is 0.339 e. The van der Waals surface area contributed by atoms with Crippen molar-refractivity contribution in [3.8, 4) is 11.3 Å². The highest BCUT2D eigenvalue weighted by atomic mass is 16.4. The van der Waals surface area contributed by atoms with E-state index in [-0.39, 0.29) is 5.56 Å². The number of hydrogen-bond donors (Lipinski definition) is 2. The van der Waals surface area contributed by atoms with Crippen molar-refractivity contribution in [3.05, 3.63) is 42.1 Å². The van der Waals surface area contributed by atoms with Crippen molar-refractivity contribution in [1.29, 1.82) is 0 Å². The van der Waals surface area contributed by atoms with Crippen molar-refractivity contribution in [3.63, 3.8) is 0 Å². The van der Waals surface area contributed by atoms with Gasteiger partial charge in [-0.25, -0.2) is 14.8 Å². The summed E-state index contributed by atoms with van der Waals surface area (Å²) >= 11 is 0. The average molecular weight is 284 g/mol. The molecule has 1 aliphatic rings. The van der Waals surface area contributed by atoms with Crippen molar-refractivity contribution >= 4 is 11.9 Å². The molecule has 3 rings (SSSR count). The number of carboxylic acids is 1. The molecule has 0 atom stereocenters. The predicted molar refractivity (Wildman–Crippen MR) is 79.5 cm³/mol. The lowest BCUT2D eigenvalue weighted by Crippen LogP contribution is -2.44. The molecule has 21 heavy (non-hydrogen) atoms. The molecule has 0 bridgehead atoms. The Morgan fingerprint density at radius 3 is 2.57 bits per heavy atom. The largest absolute Gasteiger partial charge is 0.478 e. The van der Waals surface area contributed by atoms with Gasteiger partial charge in [0.05, 0.1) is 5.69 Å². The van der Waals surface area contributed by atoms with E-state index in [0.29, 0.717) is 11.6 Å². The highest BCUT2D eigenvalue weighted by molar-refractivity contribution is 5.94. The van der Waals surface area contributed by atoms with Crippen molar-refractivity contribution in [2.75, 3.05) is 31.1 Å². The van der Waals surface area contributed by atoms with E-state index in [2.05, 4.69) is 20.2 Å². The van der Waals surface area contributed by atoms with Crippen LogP contribution >= 0.6 is 0 Å². The summed E-state index contributed by atoms with van der Waals surface area (Å²) < 4.78 is 0. The van der Waals surface area contributed by atoms with Crippen LogP contribution in [0.3, 0.4) is 0 Å². The zero-order chi connectivity index (χ0) is 14.7. The van der Waals surface area contributed by atoms with Crippen molar-refractivity contribution in [2.24, 2.45) is 0 Å². The van der Waals surface area contributed by atoms with Gasteiger partial charge in [-0.2, -0.15) is 0 Å². The Hall–Kier alpha value is -2.47. The molecule has 0 aliphatic carbocycles. The van der Waals surface area contributed by atoms with E-state index in [4.69, 9.17) is 0 Å². The Morgan fingerprint density at radius 2 is 1.90 bits per heavy atom. The predicted octanol–water partition coefficient (Wildman–Crippen LogP) is 1.25. The number of rotatable bonds is 3. The molecule has 0 unspecified atom stereocenters. The molecule has 2 N–H and O–H groups in total. The lowest BCUT2D eigenvalue weighted by Gasteiger charge is -2.27. The molecule has 0 radical (unpaired) electrons. The second-order valence-electron chi connectivity index (χ2n) is 4.84. The number of aromatic carboxylic acids is 1. The standard InChI is InChI=1S/C15H16N4O2/c20-14(21)12-10-17-15(19-8-6-16-7-9-19)18-13(12)11-4-2-1-3-5-11/h1-5,10,16H,6-9H2,(H,20,21). The summed E-state index contributed by atoms with van der Waals surface area (Å²) in [7, 11) is 0. The molecule has 0 amide bonds. The van der Waals surface area contributed by atoms with Crippen LogP contribution < -0.4 is 10.2 Å². The van der Waals surface area contributed by atoms with Gasteiger partial charge < -0.3 is 15.3 Å². The van der Waals surface area contributed by atoms with Gasteiger partial charge in [-0.05, 0) is 0 Å². The van der Waals surface area contributed by atoms with Crippen LogP contribution in [0.1, 0.15) is 10.4 Å². The van der Waals surface area contributed by atoms with Crippen LogP contribution in [0.15, 0.2) is 36.5 Å². The number of carbonyl (C=O) groups is 1. The van der Waals surface area contributed by atoms with Gasteiger partial charge in [-0.1, -0.05) is 30.3 Å². The van der Waals surface area contributed by atoms with Gasteiger partial charge in [0.15, 0.2) is 0 Å². The third kappa shape index (κ3) is 2.85. The lowest BCUT2D eigenvalue weighted by molar-refractivity contribution is 0.0697. The van der Waals surface area contributed by atoms with Crippen LogP contribution in [0.5, 0.6) is 0 Å². The zero-order valence-electron chi connectivity index (χ0n) is 11.5. The van der Waals surface area contributed by atoms with Gasteiger partial charge in [-0.15, -0.1) is 0 Å². The minimum Gasteiger partial charge on any atom is -0.478 e. The molecule has 2 aromatic rings. The van der Waals surface area contributed by atoms with Gasteiger partial charge in [0.2, 0.25) is 5.95 Å². The first kappa shape index (κ1) is 13.5. The fourth-order valence-electron chi connectivity index (χ4n) is 2.36. The van der Waals surface area contributed by atoms with Crippen molar-refractivity contribution in [1.82, 2.24) is 15.3 Å². The number of hydrogen-bond acceptors (Lipinski definition) is 5. The van der Waals surface area contributed by atoms with Crippen LogP contribution in [0.4, 0.5) is 5.95 Å². The quantitative estimate of drug-likeness (QED) is 0.883. The number of anilines is 1. The van der Waals surface area contributed by atoms with E-state index in [1.807, 2.05) is 30.3 Å². The molecule has 0 spiro atoms. The number of nitrogens with one attached hydrogen (secondary N) is 1. The molecule has 1 saturated heterocycles. The Bertz CT molecular complexity index is 639. The minimum absolute atomic E-state index is 0.125. The second kappa shape index (κ2) is 5.88. The molecule has 2 heterocycles. The number of nitrogens with zero attached hydrogens (tertiary/aromatic N) is 3.